The molecule has 2 bridgehead atoms. The number of hydrogen-bond acceptors (Lipinski definition) is 3. The Morgan fingerprint density at radius 2 is 2.05 bits per heavy atom. The van der Waals surface area contributed by atoms with Crippen LogP contribution < -0.4 is 10.6 Å². The van der Waals surface area contributed by atoms with Gasteiger partial charge in [-0.05, 0) is 58.3 Å². The number of hydrogen-bond donors (Lipinski definition) is 2. The number of alkyl carbamates (subject to hydrolysis) is 1. The van der Waals surface area contributed by atoms with E-state index in [2.05, 4.69) is 17.6 Å². The van der Waals surface area contributed by atoms with Crippen molar-refractivity contribution >= 4 is 6.09 Å². The van der Waals surface area contributed by atoms with Crippen molar-refractivity contribution in [1.82, 2.24) is 10.6 Å². The average Bonchev–Trinajstić information content (AvgIpc) is 3.02. The van der Waals surface area contributed by atoms with E-state index in [1.165, 1.54) is 38.5 Å². The zero-order valence-corrected chi connectivity index (χ0v) is 14.8. The van der Waals surface area contributed by atoms with E-state index in [0.29, 0.717) is 18.6 Å². The van der Waals surface area contributed by atoms with E-state index in [-0.39, 0.29) is 6.09 Å². The summed E-state index contributed by atoms with van der Waals surface area (Å²) in [7, 11) is 0. The largest absolute Gasteiger partial charge is 0.444 e. The van der Waals surface area contributed by atoms with E-state index in [0.717, 1.165) is 18.3 Å². The average molecular weight is 310 g/mol. The first-order valence-corrected chi connectivity index (χ1v) is 9.10. The van der Waals surface area contributed by atoms with Gasteiger partial charge in [0.15, 0.2) is 0 Å². The lowest BCUT2D eigenvalue weighted by atomic mass is 9.94. The second-order valence-electron chi connectivity index (χ2n) is 8.17. The molecule has 0 radical (unpaired) electrons. The molecule has 2 aliphatic carbocycles. The molecule has 4 unspecified atom stereocenters. The minimum Gasteiger partial charge on any atom is -0.444 e. The van der Waals surface area contributed by atoms with Gasteiger partial charge in [0.2, 0.25) is 0 Å². The molecule has 0 aromatic rings. The van der Waals surface area contributed by atoms with Gasteiger partial charge in [-0.3, -0.25) is 0 Å². The van der Waals surface area contributed by atoms with Gasteiger partial charge in [-0.1, -0.05) is 26.2 Å². The van der Waals surface area contributed by atoms with Gasteiger partial charge >= 0.3 is 6.09 Å². The van der Waals surface area contributed by atoms with Crippen LogP contribution in [-0.2, 0) is 4.74 Å². The zero-order chi connectivity index (χ0) is 16.2. The molecular formula is C18H34N2O2. The lowest BCUT2D eigenvalue weighted by Gasteiger charge is -2.29. The lowest BCUT2D eigenvalue weighted by Crippen LogP contribution is -2.48. The first kappa shape index (κ1) is 17.6. The molecule has 2 rings (SSSR count). The van der Waals surface area contributed by atoms with Gasteiger partial charge in [-0.2, -0.15) is 0 Å². The van der Waals surface area contributed by atoms with E-state index in [9.17, 15) is 4.79 Å². The van der Waals surface area contributed by atoms with Crippen LogP contribution in [0.5, 0.6) is 0 Å². The molecule has 2 N–H and O–H groups in total. The third-order valence-electron chi connectivity index (χ3n) is 4.99. The molecule has 0 aromatic heterocycles. The summed E-state index contributed by atoms with van der Waals surface area (Å²) < 4.78 is 5.33. The van der Waals surface area contributed by atoms with Crippen molar-refractivity contribution in [3.63, 3.8) is 0 Å². The molecule has 1 amide bonds. The molecule has 4 nitrogen and oxygen atoms in total. The highest BCUT2D eigenvalue weighted by Crippen LogP contribution is 2.44. The zero-order valence-electron chi connectivity index (χ0n) is 14.8. The standard InChI is InChI=1S/C18H34N2O2/c1-5-6-7-15(12-19-17(21)22-18(2,3)4)20-16-11-13-8-9-14(16)10-13/h13-16,20H,5-12H2,1-4H3,(H,19,21). The highest BCUT2D eigenvalue weighted by molar-refractivity contribution is 5.67. The van der Waals surface area contributed by atoms with Crippen molar-refractivity contribution in [3.8, 4) is 0 Å². The summed E-state index contributed by atoms with van der Waals surface area (Å²) in [4.78, 5) is 11.8. The number of carbonyl (C=O) groups excluding carboxylic acids is 1. The highest BCUT2D eigenvalue weighted by atomic mass is 16.6. The fraction of sp³-hybridized carbons (Fsp3) is 0.944. The van der Waals surface area contributed by atoms with Crippen LogP contribution >= 0.6 is 0 Å². The van der Waals surface area contributed by atoms with Crippen molar-refractivity contribution in [2.45, 2.75) is 90.3 Å². The van der Waals surface area contributed by atoms with E-state index in [4.69, 9.17) is 4.74 Å². The van der Waals surface area contributed by atoms with Crippen molar-refractivity contribution < 1.29 is 9.53 Å². The van der Waals surface area contributed by atoms with E-state index >= 15 is 0 Å². The molecule has 0 aliphatic heterocycles. The molecule has 0 saturated heterocycles. The number of amides is 1. The molecule has 2 saturated carbocycles. The summed E-state index contributed by atoms with van der Waals surface area (Å²) in [6, 6.07) is 1.04. The van der Waals surface area contributed by atoms with Gasteiger partial charge < -0.3 is 15.4 Å². The van der Waals surface area contributed by atoms with Gasteiger partial charge in [0.1, 0.15) is 5.60 Å². The number of rotatable bonds is 7. The first-order chi connectivity index (χ1) is 10.4. The summed E-state index contributed by atoms with van der Waals surface area (Å²) in [5.74, 6) is 1.82. The van der Waals surface area contributed by atoms with E-state index < -0.39 is 5.60 Å². The molecule has 4 atom stereocenters. The SMILES string of the molecule is CCCCC(CNC(=O)OC(C)(C)C)NC1CC2CCC1C2. The fourth-order valence-electron chi connectivity index (χ4n) is 3.97. The second-order valence-corrected chi connectivity index (χ2v) is 8.17. The quantitative estimate of drug-likeness (QED) is 0.751. The van der Waals surface area contributed by atoms with Crippen molar-refractivity contribution in [3.05, 3.63) is 0 Å². The smallest absolute Gasteiger partial charge is 0.407 e. The highest BCUT2D eigenvalue weighted by Gasteiger charge is 2.39. The Hall–Kier alpha value is -0.770. The Labute approximate surface area is 135 Å². The monoisotopic (exact) mass is 310 g/mol. The van der Waals surface area contributed by atoms with E-state index in [1.54, 1.807) is 0 Å². The van der Waals surface area contributed by atoms with Crippen LogP contribution in [0.4, 0.5) is 4.79 Å². The van der Waals surface area contributed by atoms with E-state index in [1.807, 2.05) is 20.8 Å². The summed E-state index contributed by atoms with van der Waals surface area (Å²) in [5.41, 5.74) is -0.430. The summed E-state index contributed by atoms with van der Waals surface area (Å²) in [6.45, 7) is 8.58. The molecule has 4 heteroatoms. The molecule has 0 aromatic carbocycles. The number of nitrogens with one attached hydrogen (secondary N) is 2. The van der Waals surface area contributed by atoms with Crippen molar-refractivity contribution in [1.29, 1.82) is 0 Å². The normalized spacial score (nSPS) is 28.6. The molecule has 0 heterocycles. The van der Waals surface area contributed by atoms with Crippen LogP contribution in [0.1, 0.15) is 72.6 Å². The number of carbonyl (C=O) groups is 1. The minimum absolute atomic E-state index is 0.302. The Balaban J connectivity index is 1.77. The Morgan fingerprint density at radius 1 is 1.27 bits per heavy atom. The molecule has 2 fully saturated rings. The Bertz CT molecular complexity index is 365. The maximum absolute atomic E-state index is 11.8. The maximum Gasteiger partial charge on any atom is 0.407 e. The lowest BCUT2D eigenvalue weighted by molar-refractivity contribution is 0.0520. The third kappa shape index (κ3) is 5.45. The molecular weight excluding hydrogens is 276 g/mol. The van der Waals surface area contributed by atoms with Crippen LogP contribution in [0, 0.1) is 11.8 Å². The molecule has 0 spiro atoms. The predicted octanol–water partition coefficient (Wildman–Crippen LogP) is 3.85. The van der Waals surface area contributed by atoms with Gasteiger partial charge in [-0.15, -0.1) is 0 Å². The number of unbranched alkanes of at least 4 members (excludes halogenated alkanes) is 1. The van der Waals surface area contributed by atoms with Gasteiger partial charge in [0.05, 0.1) is 0 Å². The van der Waals surface area contributed by atoms with Gasteiger partial charge in [0, 0.05) is 18.6 Å². The fourth-order valence-corrected chi connectivity index (χ4v) is 3.97. The summed E-state index contributed by atoms with van der Waals surface area (Å²) in [6.07, 6.45) is 8.79. The third-order valence-corrected chi connectivity index (χ3v) is 4.99. The minimum atomic E-state index is -0.430. The van der Waals surface area contributed by atoms with Crippen LogP contribution in [0.2, 0.25) is 0 Å². The summed E-state index contributed by atoms with van der Waals surface area (Å²) >= 11 is 0. The van der Waals surface area contributed by atoms with Crippen LogP contribution in [-0.4, -0.2) is 30.3 Å². The summed E-state index contributed by atoms with van der Waals surface area (Å²) in [5, 5.41) is 6.77. The molecule has 2 aliphatic rings. The topological polar surface area (TPSA) is 50.4 Å². The maximum atomic E-state index is 11.8. The van der Waals surface area contributed by atoms with Crippen LogP contribution in [0.25, 0.3) is 0 Å². The van der Waals surface area contributed by atoms with Crippen LogP contribution in [0.15, 0.2) is 0 Å². The van der Waals surface area contributed by atoms with Gasteiger partial charge in [0.25, 0.3) is 0 Å². The predicted molar refractivity (Wildman–Crippen MR) is 89.9 cm³/mol. The van der Waals surface area contributed by atoms with Crippen LogP contribution in [0.3, 0.4) is 0 Å². The molecule has 22 heavy (non-hydrogen) atoms. The van der Waals surface area contributed by atoms with Crippen molar-refractivity contribution in [2.75, 3.05) is 6.54 Å². The van der Waals surface area contributed by atoms with Crippen molar-refractivity contribution in [2.24, 2.45) is 11.8 Å². The number of ether oxygens (including phenoxy) is 1. The molecule has 128 valence electrons. The van der Waals surface area contributed by atoms with Gasteiger partial charge in [-0.25, -0.2) is 4.79 Å². The Morgan fingerprint density at radius 3 is 2.59 bits per heavy atom. The Kier molecular flexibility index (Phi) is 6.13. The number of fused-ring (bicyclic) bond motifs is 2. The second kappa shape index (κ2) is 7.67. The first-order valence-electron chi connectivity index (χ1n) is 9.10.